The van der Waals surface area contributed by atoms with Crippen LogP contribution in [0.15, 0.2) is 18.2 Å². The van der Waals surface area contributed by atoms with Crippen LogP contribution in [-0.2, 0) is 9.59 Å². The standard InChI is InChI=1S/C20H28ClN3O2/c1-14(2)24-13-17(16-12-15(21)6-7-18(16)24)19(25)20(26)22-8-11-23-9-4-3-5-10-23/h6-7,12,14,17H,3-5,8-11,13H2,1-2H3,(H,22,26). The maximum atomic E-state index is 12.8. The molecule has 1 aromatic rings. The molecule has 1 fully saturated rings. The van der Waals surface area contributed by atoms with Gasteiger partial charge in [-0.15, -0.1) is 0 Å². The van der Waals surface area contributed by atoms with Crippen molar-refractivity contribution >= 4 is 29.0 Å². The molecule has 2 heterocycles. The van der Waals surface area contributed by atoms with Gasteiger partial charge in [-0.25, -0.2) is 0 Å². The molecule has 2 aliphatic rings. The quantitative estimate of drug-likeness (QED) is 0.774. The Morgan fingerprint density at radius 1 is 1.23 bits per heavy atom. The van der Waals surface area contributed by atoms with E-state index in [9.17, 15) is 9.59 Å². The van der Waals surface area contributed by atoms with Crippen molar-refractivity contribution in [2.45, 2.75) is 45.1 Å². The summed E-state index contributed by atoms with van der Waals surface area (Å²) in [6, 6.07) is 5.86. The smallest absolute Gasteiger partial charge is 0.288 e. The third-order valence-electron chi connectivity index (χ3n) is 5.38. The number of carbonyl (C=O) groups is 2. The number of hydrogen-bond donors (Lipinski definition) is 1. The predicted molar refractivity (Wildman–Crippen MR) is 105 cm³/mol. The first-order chi connectivity index (χ1) is 12.5. The fraction of sp³-hybridized carbons (Fsp3) is 0.600. The van der Waals surface area contributed by atoms with Gasteiger partial charge in [0, 0.05) is 36.4 Å². The summed E-state index contributed by atoms with van der Waals surface area (Å²) in [5.74, 6) is -1.29. The minimum atomic E-state index is -0.483. The first-order valence-electron chi connectivity index (χ1n) is 9.58. The Kier molecular flexibility index (Phi) is 6.20. The van der Waals surface area contributed by atoms with Gasteiger partial charge in [-0.3, -0.25) is 9.59 Å². The number of nitrogens with one attached hydrogen (secondary N) is 1. The van der Waals surface area contributed by atoms with Gasteiger partial charge >= 0.3 is 0 Å². The van der Waals surface area contributed by atoms with Crippen molar-refractivity contribution in [2.75, 3.05) is 37.6 Å². The molecule has 0 aliphatic carbocycles. The molecule has 1 N–H and O–H groups in total. The Morgan fingerprint density at radius 2 is 1.96 bits per heavy atom. The second-order valence-electron chi connectivity index (χ2n) is 7.52. The molecule has 0 saturated carbocycles. The molecule has 2 aliphatic heterocycles. The number of benzene rings is 1. The summed E-state index contributed by atoms with van der Waals surface area (Å²) in [5, 5.41) is 3.41. The fourth-order valence-electron chi connectivity index (χ4n) is 3.93. The number of halogens is 1. The third kappa shape index (κ3) is 4.21. The van der Waals surface area contributed by atoms with E-state index in [1.807, 2.05) is 18.2 Å². The van der Waals surface area contributed by atoms with Crippen molar-refractivity contribution in [3.63, 3.8) is 0 Å². The Morgan fingerprint density at radius 3 is 2.65 bits per heavy atom. The Bertz CT molecular complexity index is 671. The van der Waals surface area contributed by atoms with Crippen molar-refractivity contribution in [3.05, 3.63) is 28.8 Å². The third-order valence-corrected chi connectivity index (χ3v) is 5.61. The van der Waals surface area contributed by atoms with Crippen LogP contribution in [0.3, 0.4) is 0 Å². The van der Waals surface area contributed by atoms with E-state index in [4.69, 9.17) is 11.6 Å². The molecule has 0 radical (unpaired) electrons. The number of ketones is 1. The molecule has 3 rings (SSSR count). The van der Waals surface area contributed by atoms with Crippen LogP contribution in [0.1, 0.15) is 44.6 Å². The van der Waals surface area contributed by atoms with Gasteiger partial charge in [0.1, 0.15) is 0 Å². The van der Waals surface area contributed by atoms with E-state index in [-0.39, 0.29) is 11.8 Å². The van der Waals surface area contributed by atoms with Crippen LogP contribution in [-0.4, -0.2) is 55.4 Å². The average molecular weight is 378 g/mol. The lowest BCUT2D eigenvalue weighted by Gasteiger charge is -2.26. The van der Waals surface area contributed by atoms with E-state index in [2.05, 4.69) is 29.0 Å². The number of likely N-dealkylation sites (tertiary alicyclic amines) is 1. The van der Waals surface area contributed by atoms with Crippen LogP contribution in [0.5, 0.6) is 0 Å². The fourth-order valence-corrected chi connectivity index (χ4v) is 4.11. The molecule has 142 valence electrons. The van der Waals surface area contributed by atoms with Gasteiger partial charge in [0.15, 0.2) is 0 Å². The van der Waals surface area contributed by atoms with E-state index in [0.29, 0.717) is 18.1 Å². The number of Topliss-reactive ketones (excluding diaryl/α,β-unsaturated/α-hetero) is 1. The number of fused-ring (bicyclic) bond motifs is 1. The van der Waals surface area contributed by atoms with Crippen LogP contribution >= 0.6 is 11.6 Å². The Hall–Kier alpha value is -1.59. The largest absolute Gasteiger partial charge is 0.368 e. The average Bonchev–Trinajstić information content (AvgIpc) is 3.00. The topological polar surface area (TPSA) is 52.7 Å². The van der Waals surface area contributed by atoms with Crippen molar-refractivity contribution in [1.82, 2.24) is 10.2 Å². The van der Waals surface area contributed by atoms with Crippen LogP contribution < -0.4 is 10.2 Å². The van der Waals surface area contributed by atoms with Crippen LogP contribution in [0.25, 0.3) is 0 Å². The van der Waals surface area contributed by atoms with E-state index in [1.165, 1.54) is 19.3 Å². The SMILES string of the molecule is CC(C)N1CC(C(=O)C(=O)NCCN2CCCCC2)c2cc(Cl)ccc21. The normalized spacial score (nSPS) is 20.3. The summed E-state index contributed by atoms with van der Waals surface area (Å²) >= 11 is 6.13. The van der Waals surface area contributed by atoms with Gasteiger partial charge < -0.3 is 15.1 Å². The molecule has 5 nitrogen and oxygen atoms in total. The molecule has 0 spiro atoms. The van der Waals surface area contributed by atoms with Crippen LogP contribution in [0.4, 0.5) is 5.69 Å². The number of rotatable bonds is 6. The van der Waals surface area contributed by atoms with E-state index in [0.717, 1.165) is 30.9 Å². The summed E-state index contributed by atoms with van der Waals surface area (Å²) < 4.78 is 0. The molecule has 1 unspecified atom stereocenters. The molecular weight excluding hydrogens is 350 g/mol. The van der Waals surface area contributed by atoms with E-state index in [1.54, 1.807) is 0 Å². The minimum Gasteiger partial charge on any atom is -0.368 e. The zero-order valence-electron chi connectivity index (χ0n) is 15.6. The molecule has 1 saturated heterocycles. The summed E-state index contributed by atoms with van der Waals surface area (Å²) in [6.07, 6.45) is 3.73. The molecule has 0 bridgehead atoms. The number of carbonyl (C=O) groups excluding carboxylic acids is 2. The number of amides is 1. The highest BCUT2D eigenvalue weighted by Crippen LogP contribution is 2.39. The first kappa shape index (κ1) is 19.2. The second-order valence-corrected chi connectivity index (χ2v) is 7.96. The maximum Gasteiger partial charge on any atom is 0.288 e. The summed E-state index contributed by atoms with van der Waals surface area (Å²) in [5.41, 5.74) is 1.87. The monoisotopic (exact) mass is 377 g/mol. The van der Waals surface area contributed by atoms with Gasteiger partial charge in [0.05, 0.1) is 5.92 Å². The molecule has 1 amide bonds. The lowest BCUT2D eigenvalue weighted by atomic mass is 9.96. The van der Waals surface area contributed by atoms with E-state index >= 15 is 0 Å². The van der Waals surface area contributed by atoms with Crippen LogP contribution in [0, 0.1) is 0 Å². The van der Waals surface area contributed by atoms with Crippen molar-refractivity contribution in [2.24, 2.45) is 0 Å². The first-order valence-corrected chi connectivity index (χ1v) is 9.95. The van der Waals surface area contributed by atoms with Crippen molar-refractivity contribution in [3.8, 4) is 0 Å². The lowest BCUT2D eigenvalue weighted by molar-refractivity contribution is -0.138. The molecular formula is C20H28ClN3O2. The van der Waals surface area contributed by atoms with E-state index < -0.39 is 11.8 Å². The summed E-state index contributed by atoms with van der Waals surface area (Å²) in [6.45, 7) is 8.21. The van der Waals surface area contributed by atoms with Gasteiger partial charge in [0.25, 0.3) is 5.91 Å². The van der Waals surface area contributed by atoms with Crippen LogP contribution in [0.2, 0.25) is 5.02 Å². The predicted octanol–water partition coefficient (Wildman–Crippen LogP) is 2.82. The summed E-state index contributed by atoms with van der Waals surface area (Å²) in [4.78, 5) is 29.7. The molecule has 6 heteroatoms. The number of piperidine rings is 1. The molecule has 1 aromatic carbocycles. The van der Waals surface area contributed by atoms with Gasteiger partial charge in [0.2, 0.25) is 5.78 Å². The second kappa shape index (κ2) is 8.40. The molecule has 26 heavy (non-hydrogen) atoms. The van der Waals surface area contributed by atoms with Gasteiger partial charge in [-0.2, -0.15) is 0 Å². The lowest BCUT2D eigenvalue weighted by Crippen LogP contribution is -2.42. The number of nitrogens with zero attached hydrogens (tertiary/aromatic N) is 2. The van der Waals surface area contributed by atoms with Gasteiger partial charge in [-0.1, -0.05) is 18.0 Å². The maximum absolute atomic E-state index is 12.8. The number of anilines is 1. The number of hydrogen-bond acceptors (Lipinski definition) is 4. The Balaban J connectivity index is 1.62. The van der Waals surface area contributed by atoms with Crippen molar-refractivity contribution in [1.29, 1.82) is 0 Å². The highest BCUT2D eigenvalue weighted by molar-refractivity contribution is 6.39. The van der Waals surface area contributed by atoms with Gasteiger partial charge in [-0.05, 0) is 63.5 Å². The highest BCUT2D eigenvalue weighted by Gasteiger charge is 2.37. The zero-order valence-corrected chi connectivity index (χ0v) is 16.4. The zero-order chi connectivity index (χ0) is 18.7. The summed E-state index contributed by atoms with van der Waals surface area (Å²) in [7, 11) is 0. The minimum absolute atomic E-state index is 0.259. The Labute approximate surface area is 160 Å². The van der Waals surface area contributed by atoms with Crippen molar-refractivity contribution < 1.29 is 9.59 Å². The molecule has 1 atom stereocenters. The molecule has 0 aromatic heterocycles. The highest BCUT2D eigenvalue weighted by atomic mass is 35.5.